The molecule has 0 aliphatic heterocycles. The van der Waals surface area contributed by atoms with E-state index in [1.54, 1.807) is 6.92 Å². The van der Waals surface area contributed by atoms with Gasteiger partial charge in [0.2, 0.25) is 0 Å². The number of benzene rings is 1. The fraction of sp³-hybridized carbons (Fsp3) is 0.643. The van der Waals surface area contributed by atoms with Gasteiger partial charge >= 0.3 is 24.4 Å². The normalized spacial score (nSPS) is 12.8. The maximum absolute atomic E-state index is 12.6. The molecule has 0 aromatic heterocycles. The first kappa shape index (κ1) is 34.5. The minimum atomic E-state index is -1.61. The smallest absolute Gasteiger partial charge is 0.468 e. The van der Waals surface area contributed by atoms with E-state index in [1.807, 2.05) is 20.8 Å². The van der Waals surface area contributed by atoms with Gasteiger partial charge in [-0.1, -0.05) is 46.1 Å². The summed E-state index contributed by atoms with van der Waals surface area (Å²) >= 11 is 0. The monoisotopic (exact) mass is 569 g/mol. The van der Waals surface area contributed by atoms with Gasteiger partial charge in [-0.2, -0.15) is 0 Å². The van der Waals surface area contributed by atoms with Crippen molar-refractivity contribution in [1.82, 2.24) is 0 Å². The first-order chi connectivity index (χ1) is 19.1. The lowest BCUT2D eigenvalue weighted by Crippen LogP contribution is -2.51. The van der Waals surface area contributed by atoms with Crippen LogP contribution in [-0.4, -0.2) is 63.0 Å². The summed E-state index contributed by atoms with van der Waals surface area (Å²) in [5.41, 5.74) is 5.23. The Morgan fingerprint density at radius 1 is 0.825 bits per heavy atom. The van der Waals surface area contributed by atoms with Gasteiger partial charge in [0.25, 0.3) is 0 Å². The molecule has 1 aromatic carbocycles. The number of unbranched alkanes of at least 4 members (excludes halogenated alkanes) is 2. The molecule has 12 nitrogen and oxygen atoms in total. The molecule has 0 aliphatic carbocycles. The molecule has 0 radical (unpaired) electrons. The number of nitrogens with two attached hydrogens (primary N) is 1. The molecule has 2 atom stereocenters. The third-order valence-corrected chi connectivity index (χ3v) is 5.70. The Kier molecular flexibility index (Phi) is 16.1. The molecule has 0 spiro atoms. The summed E-state index contributed by atoms with van der Waals surface area (Å²) < 4.78 is 35.7. The van der Waals surface area contributed by atoms with Crippen LogP contribution < -0.4 is 15.2 Å². The second kappa shape index (κ2) is 18.7. The summed E-state index contributed by atoms with van der Waals surface area (Å²) in [5, 5.41) is 0. The first-order valence-electron chi connectivity index (χ1n) is 13.6. The zero-order valence-electron chi connectivity index (χ0n) is 24.2. The maximum Gasteiger partial charge on any atom is 0.513 e. The van der Waals surface area contributed by atoms with Crippen LogP contribution in [0.15, 0.2) is 18.2 Å². The molecular weight excluding hydrogens is 526 g/mol. The summed E-state index contributed by atoms with van der Waals surface area (Å²) in [7, 11) is 1.19. The number of carbonyl (C=O) groups excluding carboxylic acids is 4. The van der Waals surface area contributed by atoms with E-state index in [4.69, 9.17) is 38.9 Å². The minimum absolute atomic E-state index is 0.0891. The number of methoxy groups -OCH3 is 1. The van der Waals surface area contributed by atoms with Crippen LogP contribution in [0.2, 0.25) is 0 Å². The molecule has 40 heavy (non-hydrogen) atoms. The molecule has 0 fully saturated rings. The molecule has 1 rings (SSSR count). The second-order valence-electron chi connectivity index (χ2n) is 9.28. The second-order valence-corrected chi connectivity index (χ2v) is 9.28. The number of ether oxygens (including phenoxy) is 7. The predicted molar refractivity (Wildman–Crippen MR) is 144 cm³/mol. The standard InChI is InChI=1S/C28H43NO11/c1-6-9-15-35-26(32)39-22-13-12-21(18-23(22)40-27(33)36-16-10-7-2)19-28(29,24(30)34-5)14-17-37-25(31)38-20(4)11-8-3/h12-13,18,20H,6-11,14-17,19,29H2,1-5H3/t20-,28+/m0/s1. The van der Waals surface area contributed by atoms with Crippen LogP contribution in [0.1, 0.15) is 78.2 Å². The van der Waals surface area contributed by atoms with Crippen molar-refractivity contribution in [3.8, 4) is 11.5 Å². The molecule has 12 heteroatoms. The first-order valence-corrected chi connectivity index (χ1v) is 13.6. The zero-order chi connectivity index (χ0) is 30.0. The van der Waals surface area contributed by atoms with Gasteiger partial charge in [-0.3, -0.25) is 4.79 Å². The van der Waals surface area contributed by atoms with Gasteiger partial charge in [0.1, 0.15) is 11.6 Å². The van der Waals surface area contributed by atoms with Gasteiger partial charge in [-0.15, -0.1) is 0 Å². The van der Waals surface area contributed by atoms with Crippen LogP contribution in [-0.2, 0) is 34.9 Å². The van der Waals surface area contributed by atoms with Crippen molar-refractivity contribution in [2.24, 2.45) is 5.73 Å². The average molecular weight is 570 g/mol. The van der Waals surface area contributed by atoms with Crippen LogP contribution in [0, 0.1) is 0 Å². The highest BCUT2D eigenvalue weighted by molar-refractivity contribution is 5.81. The Morgan fingerprint density at radius 3 is 1.95 bits per heavy atom. The summed E-state index contributed by atoms with van der Waals surface area (Å²) in [6.45, 7) is 7.72. The molecule has 0 bridgehead atoms. The van der Waals surface area contributed by atoms with Crippen LogP contribution in [0.4, 0.5) is 14.4 Å². The lowest BCUT2D eigenvalue weighted by atomic mass is 9.88. The number of carbonyl (C=O) groups is 4. The van der Waals surface area contributed by atoms with E-state index in [9.17, 15) is 19.2 Å². The SMILES string of the molecule is CCCCOC(=O)Oc1ccc(C[C@](N)(CCOC(=O)O[C@@H](C)CCC)C(=O)OC)cc1OC(=O)OCCCC. The summed E-state index contributed by atoms with van der Waals surface area (Å²) in [4.78, 5) is 48.9. The van der Waals surface area contributed by atoms with Crippen LogP contribution in [0.25, 0.3) is 0 Å². The highest BCUT2D eigenvalue weighted by Gasteiger charge is 2.36. The Morgan fingerprint density at radius 2 is 1.40 bits per heavy atom. The predicted octanol–water partition coefficient (Wildman–Crippen LogP) is 5.46. The molecule has 226 valence electrons. The van der Waals surface area contributed by atoms with Gasteiger partial charge in [0.15, 0.2) is 11.5 Å². The van der Waals surface area contributed by atoms with Crippen molar-refractivity contribution < 1.29 is 52.3 Å². The largest absolute Gasteiger partial charge is 0.513 e. The molecule has 0 unspecified atom stereocenters. The molecule has 0 aliphatic rings. The molecular formula is C28H43NO11. The average Bonchev–Trinajstić information content (AvgIpc) is 2.90. The van der Waals surface area contributed by atoms with Crippen molar-refractivity contribution in [1.29, 1.82) is 0 Å². The van der Waals surface area contributed by atoms with Gasteiger partial charge in [-0.05, 0) is 43.9 Å². The summed E-state index contributed by atoms with van der Waals surface area (Å²) in [6, 6.07) is 4.31. The van der Waals surface area contributed by atoms with Crippen LogP contribution >= 0.6 is 0 Å². The van der Waals surface area contributed by atoms with Crippen molar-refractivity contribution in [2.75, 3.05) is 26.9 Å². The number of rotatable bonds is 17. The Balaban J connectivity index is 3.06. The summed E-state index contributed by atoms with van der Waals surface area (Å²) in [5.74, 6) is -0.973. The molecule has 0 saturated carbocycles. The highest BCUT2D eigenvalue weighted by Crippen LogP contribution is 2.31. The van der Waals surface area contributed by atoms with Crippen molar-refractivity contribution in [2.45, 2.75) is 90.7 Å². The summed E-state index contributed by atoms with van der Waals surface area (Å²) in [6.07, 6.45) is 1.15. The van der Waals surface area contributed by atoms with E-state index < -0.39 is 30.0 Å². The van der Waals surface area contributed by atoms with E-state index in [1.165, 1.54) is 25.3 Å². The molecule has 0 saturated heterocycles. The fourth-order valence-electron chi connectivity index (χ4n) is 3.48. The Hall–Kier alpha value is -3.54. The maximum atomic E-state index is 12.6. The van der Waals surface area contributed by atoms with Crippen LogP contribution in [0.3, 0.4) is 0 Å². The van der Waals surface area contributed by atoms with E-state index in [2.05, 4.69) is 0 Å². The van der Waals surface area contributed by atoms with Crippen LogP contribution in [0.5, 0.6) is 11.5 Å². The van der Waals surface area contributed by atoms with E-state index >= 15 is 0 Å². The molecule has 2 N–H and O–H groups in total. The topological polar surface area (TPSA) is 159 Å². The van der Waals surface area contributed by atoms with Gasteiger partial charge in [-0.25, -0.2) is 14.4 Å². The molecule has 0 heterocycles. The third kappa shape index (κ3) is 13.0. The van der Waals surface area contributed by atoms with Gasteiger partial charge in [0.05, 0.1) is 26.9 Å². The Bertz CT molecular complexity index is 952. The number of hydrogen-bond donors (Lipinski definition) is 1. The zero-order valence-corrected chi connectivity index (χ0v) is 24.2. The van der Waals surface area contributed by atoms with Crippen molar-refractivity contribution >= 4 is 24.4 Å². The lowest BCUT2D eigenvalue weighted by Gasteiger charge is -2.26. The number of esters is 1. The fourth-order valence-corrected chi connectivity index (χ4v) is 3.48. The van der Waals surface area contributed by atoms with Gasteiger partial charge in [0, 0.05) is 12.8 Å². The van der Waals surface area contributed by atoms with E-state index in [0.717, 1.165) is 19.3 Å². The van der Waals surface area contributed by atoms with Gasteiger partial charge < -0.3 is 38.9 Å². The minimum Gasteiger partial charge on any atom is -0.468 e. The third-order valence-electron chi connectivity index (χ3n) is 5.70. The Labute approximate surface area is 235 Å². The number of hydrogen-bond acceptors (Lipinski definition) is 12. The van der Waals surface area contributed by atoms with E-state index in [-0.39, 0.29) is 50.3 Å². The molecule has 1 aromatic rings. The highest BCUT2D eigenvalue weighted by atomic mass is 16.7. The quantitative estimate of drug-likeness (QED) is 0.109. The van der Waals surface area contributed by atoms with Crippen molar-refractivity contribution in [3.05, 3.63) is 23.8 Å². The lowest BCUT2D eigenvalue weighted by molar-refractivity contribution is -0.147. The molecule has 0 amide bonds. The van der Waals surface area contributed by atoms with E-state index in [0.29, 0.717) is 24.8 Å². The van der Waals surface area contributed by atoms with Crippen molar-refractivity contribution in [3.63, 3.8) is 0 Å².